The zero-order chi connectivity index (χ0) is 13.4. The van der Waals surface area contributed by atoms with Crippen LogP contribution in [0, 0.1) is 0 Å². The molecule has 0 unspecified atom stereocenters. The van der Waals surface area contributed by atoms with E-state index in [2.05, 4.69) is 15.0 Å². The van der Waals surface area contributed by atoms with E-state index in [1.807, 2.05) is 6.20 Å². The number of hydrogen-bond acceptors (Lipinski definition) is 3. The van der Waals surface area contributed by atoms with E-state index >= 15 is 0 Å². The maximum Gasteiger partial charge on any atom is 0.407 e. The molecule has 7 heteroatoms. The van der Waals surface area contributed by atoms with Gasteiger partial charge in [0.25, 0.3) is 5.56 Å². The standard InChI is InChI=1S/C12H14N4O3/c17-11-9-8(5-13-10(9)14-6-15-11)7-1-3-16(4-2-7)12(18)19/h5-7H,1-4H2,(H,18,19)(H2,13,14,15,17). The molecular formula is C12H14N4O3. The maximum absolute atomic E-state index is 11.9. The third kappa shape index (κ3) is 1.96. The van der Waals surface area contributed by atoms with Crippen LogP contribution >= 0.6 is 0 Å². The molecule has 1 aliphatic rings. The second kappa shape index (κ2) is 4.42. The average Bonchev–Trinajstić information content (AvgIpc) is 2.84. The lowest BCUT2D eigenvalue weighted by molar-refractivity contribution is 0.132. The van der Waals surface area contributed by atoms with Crippen LogP contribution in [-0.2, 0) is 0 Å². The van der Waals surface area contributed by atoms with Gasteiger partial charge in [-0.2, -0.15) is 0 Å². The first-order valence-corrected chi connectivity index (χ1v) is 6.19. The molecule has 0 bridgehead atoms. The zero-order valence-electron chi connectivity index (χ0n) is 10.2. The van der Waals surface area contributed by atoms with Crippen molar-refractivity contribution in [3.63, 3.8) is 0 Å². The van der Waals surface area contributed by atoms with E-state index in [9.17, 15) is 9.59 Å². The molecule has 2 aromatic rings. The Kier molecular flexibility index (Phi) is 2.73. The summed E-state index contributed by atoms with van der Waals surface area (Å²) in [5, 5.41) is 9.52. The molecule has 0 atom stereocenters. The highest BCUT2D eigenvalue weighted by Gasteiger charge is 2.26. The number of aromatic amines is 2. The molecule has 1 aliphatic heterocycles. The fourth-order valence-corrected chi connectivity index (χ4v) is 2.70. The zero-order valence-corrected chi connectivity index (χ0v) is 10.2. The van der Waals surface area contributed by atoms with Crippen LogP contribution < -0.4 is 5.56 Å². The normalized spacial score (nSPS) is 16.9. The monoisotopic (exact) mass is 262 g/mol. The predicted octanol–water partition coefficient (Wildman–Crippen LogP) is 1.11. The van der Waals surface area contributed by atoms with Crippen molar-refractivity contribution >= 4 is 17.1 Å². The number of rotatable bonds is 1. The van der Waals surface area contributed by atoms with E-state index in [0.717, 1.165) is 18.4 Å². The van der Waals surface area contributed by atoms with Crippen LogP contribution in [0.5, 0.6) is 0 Å². The fourth-order valence-electron chi connectivity index (χ4n) is 2.70. The van der Waals surface area contributed by atoms with Crippen LogP contribution in [0.25, 0.3) is 11.0 Å². The summed E-state index contributed by atoms with van der Waals surface area (Å²) in [5.41, 5.74) is 1.37. The number of carboxylic acid groups (broad SMARTS) is 1. The smallest absolute Gasteiger partial charge is 0.407 e. The van der Waals surface area contributed by atoms with Gasteiger partial charge in [-0.15, -0.1) is 0 Å². The first-order chi connectivity index (χ1) is 9.16. The van der Waals surface area contributed by atoms with Gasteiger partial charge in [0.2, 0.25) is 0 Å². The Labute approximate surface area is 108 Å². The predicted molar refractivity (Wildman–Crippen MR) is 68.3 cm³/mol. The minimum atomic E-state index is -0.878. The molecule has 1 saturated heterocycles. The SMILES string of the molecule is O=C(O)N1CCC(c2c[nH]c3nc[nH]c(=O)c23)CC1. The summed E-state index contributed by atoms with van der Waals surface area (Å²) in [7, 11) is 0. The molecule has 100 valence electrons. The summed E-state index contributed by atoms with van der Waals surface area (Å²) in [6.45, 7) is 1.01. The van der Waals surface area contributed by atoms with E-state index in [1.165, 1.54) is 11.2 Å². The summed E-state index contributed by atoms with van der Waals surface area (Å²) < 4.78 is 0. The minimum Gasteiger partial charge on any atom is -0.465 e. The number of amides is 1. The van der Waals surface area contributed by atoms with Crippen LogP contribution in [0.15, 0.2) is 17.3 Å². The van der Waals surface area contributed by atoms with Crippen LogP contribution in [0.2, 0.25) is 0 Å². The van der Waals surface area contributed by atoms with Crippen molar-refractivity contribution in [2.24, 2.45) is 0 Å². The Morgan fingerprint density at radius 2 is 2.11 bits per heavy atom. The lowest BCUT2D eigenvalue weighted by Crippen LogP contribution is -2.36. The highest BCUT2D eigenvalue weighted by atomic mass is 16.4. The molecule has 1 amide bonds. The van der Waals surface area contributed by atoms with E-state index in [0.29, 0.717) is 24.1 Å². The third-order valence-corrected chi connectivity index (χ3v) is 3.71. The molecule has 2 aromatic heterocycles. The Balaban J connectivity index is 1.90. The third-order valence-electron chi connectivity index (χ3n) is 3.71. The maximum atomic E-state index is 11.9. The van der Waals surface area contributed by atoms with Gasteiger partial charge >= 0.3 is 6.09 Å². The largest absolute Gasteiger partial charge is 0.465 e. The highest BCUT2D eigenvalue weighted by molar-refractivity contribution is 5.79. The summed E-state index contributed by atoms with van der Waals surface area (Å²) in [5.74, 6) is 0.203. The molecule has 0 saturated carbocycles. The number of carbonyl (C=O) groups is 1. The molecule has 7 nitrogen and oxygen atoms in total. The number of H-pyrrole nitrogens is 2. The molecule has 1 fully saturated rings. The van der Waals surface area contributed by atoms with Crippen molar-refractivity contribution < 1.29 is 9.90 Å². The van der Waals surface area contributed by atoms with Crippen molar-refractivity contribution in [2.75, 3.05) is 13.1 Å². The number of likely N-dealkylation sites (tertiary alicyclic amines) is 1. The van der Waals surface area contributed by atoms with E-state index in [1.54, 1.807) is 0 Å². The van der Waals surface area contributed by atoms with Crippen molar-refractivity contribution in [3.8, 4) is 0 Å². The van der Waals surface area contributed by atoms with Gasteiger partial charge in [0.15, 0.2) is 0 Å². The molecule has 0 aromatic carbocycles. The molecule has 0 spiro atoms. The van der Waals surface area contributed by atoms with E-state index in [-0.39, 0.29) is 11.5 Å². The Hall–Kier alpha value is -2.31. The number of nitrogens with zero attached hydrogens (tertiary/aromatic N) is 2. The average molecular weight is 262 g/mol. The first kappa shape index (κ1) is 11.8. The second-order valence-corrected chi connectivity index (χ2v) is 4.74. The summed E-state index contributed by atoms with van der Waals surface area (Å²) in [4.78, 5) is 33.8. The van der Waals surface area contributed by atoms with Crippen LogP contribution in [0.3, 0.4) is 0 Å². The van der Waals surface area contributed by atoms with E-state index in [4.69, 9.17) is 5.11 Å². The number of piperidine rings is 1. The van der Waals surface area contributed by atoms with Crippen LogP contribution in [0.4, 0.5) is 4.79 Å². The van der Waals surface area contributed by atoms with Gasteiger partial charge < -0.3 is 20.0 Å². The lowest BCUT2D eigenvalue weighted by Gasteiger charge is -2.29. The molecule has 0 radical (unpaired) electrons. The number of aromatic nitrogens is 3. The van der Waals surface area contributed by atoms with Gasteiger partial charge in [-0.05, 0) is 24.3 Å². The topological polar surface area (TPSA) is 102 Å². The van der Waals surface area contributed by atoms with Crippen molar-refractivity contribution in [1.29, 1.82) is 0 Å². The van der Waals surface area contributed by atoms with Crippen LogP contribution in [-0.4, -0.2) is 44.1 Å². The second-order valence-electron chi connectivity index (χ2n) is 4.74. The Bertz CT molecular complexity index is 667. The van der Waals surface area contributed by atoms with Gasteiger partial charge in [0.05, 0.1) is 11.7 Å². The summed E-state index contributed by atoms with van der Waals surface area (Å²) in [6.07, 6.45) is 3.77. The summed E-state index contributed by atoms with van der Waals surface area (Å²) >= 11 is 0. The number of hydrogen-bond donors (Lipinski definition) is 3. The molecule has 3 N–H and O–H groups in total. The van der Waals surface area contributed by atoms with Crippen LogP contribution in [0.1, 0.15) is 24.3 Å². The minimum absolute atomic E-state index is 0.151. The van der Waals surface area contributed by atoms with Crippen molar-refractivity contribution in [3.05, 3.63) is 28.4 Å². The number of fused-ring (bicyclic) bond motifs is 1. The summed E-state index contributed by atoms with van der Waals surface area (Å²) in [6, 6.07) is 0. The fraction of sp³-hybridized carbons (Fsp3) is 0.417. The quantitative estimate of drug-likeness (QED) is 0.716. The van der Waals surface area contributed by atoms with E-state index < -0.39 is 6.09 Å². The van der Waals surface area contributed by atoms with Crippen molar-refractivity contribution in [1.82, 2.24) is 19.9 Å². The lowest BCUT2D eigenvalue weighted by atomic mass is 9.90. The van der Waals surface area contributed by atoms with Gasteiger partial charge in [-0.25, -0.2) is 9.78 Å². The number of nitrogens with one attached hydrogen (secondary N) is 2. The Morgan fingerprint density at radius 1 is 1.37 bits per heavy atom. The Morgan fingerprint density at radius 3 is 2.79 bits per heavy atom. The van der Waals surface area contributed by atoms with Gasteiger partial charge in [0, 0.05) is 19.3 Å². The highest BCUT2D eigenvalue weighted by Crippen LogP contribution is 2.31. The van der Waals surface area contributed by atoms with Gasteiger partial charge in [-0.3, -0.25) is 4.79 Å². The molecule has 3 heterocycles. The molecular weight excluding hydrogens is 248 g/mol. The molecule has 3 rings (SSSR count). The van der Waals surface area contributed by atoms with Gasteiger partial charge in [-0.1, -0.05) is 0 Å². The van der Waals surface area contributed by atoms with Gasteiger partial charge in [0.1, 0.15) is 5.65 Å². The molecule has 19 heavy (non-hydrogen) atoms. The van der Waals surface area contributed by atoms with Crippen molar-refractivity contribution in [2.45, 2.75) is 18.8 Å². The molecule has 0 aliphatic carbocycles. The first-order valence-electron chi connectivity index (χ1n) is 6.19.